The molecule has 0 saturated heterocycles. The van der Waals surface area contributed by atoms with Crippen LogP contribution < -0.4 is 5.32 Å². The van der Waals surface area contributed by atoms with E-state index in [0.29, 0.717) is 11.6 Å². The number of nitriles is 1. The fourth-order valence-corrected chi connectivity index (χ4v) is 1.37. The molecule has 0 saturated carbocycles. The van der Waals surface area contributed by atoms with Gasteiger partial charge in [0, 0.05) is 11.7 Å². The van der Waals surface area contributed by atoms with Gasteiger partial charge in [-0.3, -0.25) is 0 Å². The van der Waals surface area contributed by atoms with Crippen LogP contribution in [-0.4, -0.2) is 6.04 Å². The highest BCUT2D eigenvalue weighted by Gasteiger charge is 2.00. The minimum atomic E-state index is 0.427. The predicted molar refractivity (Wildman–Crippen MR) is 63.7 cm³/mol. The molecule has 1 unspecified atom stereocenters. The third kappa shape index (κ3) is 3.86. The van der Waals surface area contributed by atoms with Gasteiger partial charge in [0.2, 0.25) is 0 Å². The molecular weight excluding hydrogens is 184 g/mol. The molecule has 0 aliphatic carbocycles. The molecule has 0 aliphatic rings. The lowest BCUT2D eigenvalue weighted by Gasteiger charge is -2.14. The number of nitrogens with zero attached hydrogens (tertiary/aromatic N) is 1. The standard InChI is InChI=1S/C13H16N2/c1-3-4-5-11(2)15-13-8-6-12(10-14)7-9-13/h3,6-9,11,15H,1,4-5H2,2H3. The number of nitrogens with one attached hydrogen (secondary N) is 1. The quantitative estimate of drug-likeness (QED) is 0.740. The second kappa shape index (κ2) is 5.87. The number of hydrogen-bond donors (Lipinski definition) is 1. The Kier molecular flexibility index (Phi) is 4.43. The van der Waals surface area contributed by atoms with Gasteiger partial charge in [0.25, 0.3) is 0 Å². The lowest BCUT2D eigenvalue weighted by atomic mass is 10.1. The Morgan fingerprint density at radius 2 is 2.13 bits per heavy atom. The monoisotopic (exact) mass is 200 g/mol. The van der Waals surface area contributed by atoms with Crippen LogP contribution >= 0.6 is 0 Å². The van der Waals surface area contributed by atoms with E-state index in [-0.39, 0.29) is 0 Å². The molecule has 0 bridgehead atoms. The third-order valence-electron chi connectivity index (χ3n) is 2.23. The Balaban J connectivity index is 2.50. The zero-order valence-electron chi connectivity index (χ0n) is 9.03. The molecular formula is C13H16N2. The zero-order valence-corrected chi connectivity index (χ0v) is 9.03. The van der Waals surface area contributed by atoms with Gasteiger partial charge in [-0.1, -0.05) is 6.08 Å². The molecule has 0 heterocycles. The summed E-state index contributed by atoms with van der Waals surface area (Å²) in [5, 5.41) is 12.0. The van der Waals surface area contributed by atoms with Crippen molar-refractivity contribution in [3.8, 4) is 6.07 Å². The minimum Gasteiger partial charge on any atom is -0.383 e. The fourth-order valence-electron chi connectivity index (χ4n) is 1.37. The number of anilines is 1. The van der Waals surface area contributed by atoms with Crippen molar-refractivity contribution in [2.45, 2.75) is 25.8 Å². The average Bonchev–Trinajstić information content (AvgIpc) is 2.27. The molecule has 1 N–H and O–H groups in total. The van der Waals surface area contributed by atoms with Crippen LogP contribution in [0, 0.1) is 11.3 Å². The highest BCUT2D eigenvalue weighted by atomic mass is 14.9. The molecule has 1 aromatic carbocycles. The number of benzene rings is 1. The maximum absolute atomic E-state index is 8.65. The fraction of sp³-hybridized carbons (Fsp3) is 0.308. The summed E-state index contributed by atoms with van der Waals surface area (Å²) in [6.07, 6.45) is 4.02. The van der Waals surface area contributed by atoms with Crippen LogP contribution in [0.1, 0.15) is 25.3 Å². The third-order valence-corrected chi connectivity index (χ3v) is 2.23. The summed E-state index contributed by atoms with van der Waals surface area (Å²) in [7, 11) is 0. The Morgan fingerprint density at radius 1 is 1.47 bits per heavy atom. The van der Waals surface area contributed by atoms with E-state index in [9.17, 15) is 0 Å². The summed E-state index contributed by atoms with van der Waals surface area (Å²) in [5.41, 5.74) is 1.75. The van der Waals surface area contributed by atoms with Crippen LogP contribution in [0.15, 0.2) is 36.9 Å². The van der Waals surface area contributed by atoms with Crippen molar-refractivity contribution in [3.05, 3.63) is 42.5 Å². The van der Waals surface area contributed by atoms with Crippen molar-refractivity contribution in [2.75, 3.05) is 5.32 Å². The molecule has 0 spiro atoms. The molecule has 0 radical (unpaired) electrons. The molecule has 0 fully saturated rings. The molecule has 0 amide bonds. The first-order valence-corrected chi connectivity index (χ1v) is 5.14. The zero-order chi connectivity index (χ0) is 11.1. The average molecular weight is 200 g/mol. The normalized spacial score (nSPS) is 11.5. The Bertz CT molecular complexity index is 346. The summed E-state index contributed by atoms with van der Waals surface area (Å²) in [4.78, 5) is 0. The summed E-state index contributed by atoms with van der Waals surface area (Å²) >= 11 is 0. The molecule has 2 heteroatoms. The van der Waals surface area contributed by atoms with Gasteiger partial charge in [0.1, 0.15) is 0 Å². The maximum Gasteiger partial charge on any atom is 0.0991 e. The topological polar surface area (TPSA) is 35.8 Å². The molecule has 1 atom stereocenters. The van der Waals surface area contributed by atoms with Crippen LogP contribution in [-0.2, 0) is 0 Å². The van der Waals surface area contributed by atoms with E-state index in [4.69, 9.17) is 5.26 Å². The van der Waals surface area contributed by atoms with Gasteiger partial charge < -0.3 is 5.32 Å². The van der Waals surface area contributed by atoms with Gasteiger partial charge in [-0.2, -0.15) is 5.26 Å². The SMILES string of the molecule is C=CCCC(C)Nc1ccc(C#N)cc1. The summed E-state index contributed by atoms with van der Waals surface area (Å²) in [6.45, 7) is 5.84. The van der Waals surface area contributed by atoms with Crippen molar-refractivity contribution < 1.29 is 0 Å². The van der Waals surface area contributed by atoms with Crippen molar-refractivity contribution in [2.24, 2.45) is 0 Å². The maximum atomic E-state index is 8.65. The van der Waals surface area contributed by atoms with Gasteiger partial charge >= 0.3 is 0 Å². The first kappa shape index (κ1) is 11.3. The highest BCUT2D eigenvalue weighted by molar-refractivity contribution is 5.47. The lowest BCUT2D eigenvalue weighted by Crippen LogP contribution is -2.14. The van der Waals surface area contributed by atoms with Crippen molar-refractivity contribution in [3.63, 3.8) is 0 Å². The van der Waals surface area contributed by atoms with Crippen LogP contribution in [0.2, 0.25) is 0 Å². The Morgan fingerprint density at radius 3 is 2.67 bits per heavy atom. The minimum absolute atomic E-state index is 0.427. The highest BCUT2D eigenvalue weighted by Crippen LogP contribution is 2.11. The number of rotatable bonds is 5. The molecule has 15 heavy (non-hydrogen) atoms. The van der Waals surface area contributed by atoms with E-state index < -0.39 is 0 Å². The second-order valence-corrected chi connectivity index (χ2v) is 3.60. The van der Waals surface area contributed by atoms with E-state index in [1.807, 2.05) is 30.3 Å². The molecule has 2 nitrogen and oxygen atoms in total. The summed E-state index contributed by atoms with van der Waals surface area (Å²) in [6, 6.07) is 10.0. The first-order valence-electron chi connectivity index (χ1n) is 5.14. The largest absolute Gasteiger partial charge is 0.383 e. The van der Waals surface area contributed by atoms with Gasteiger partial charge in [-0.25, -0.2) is 0 Å². The van der Waals surface area contributed by atoms with Gasteiger partial charge in [0.05, 0.1) is 11.6 Å². The number of allylic oxidation sites excluding steroid dienone is 1. The Labute approximate surface area is 91.2 Å². The van der Waals surface area contributed by atoms with E-state index in [2.05, 4.69) is 24.9 Å². The van der Waals surface area contributed by atoms with Gasteiger partial charge in [-0.05, 0) is 44.0 Å². The van der Waals surface area contributed by atoms with E-state index in [1.54, 1.807) is 0 Å². The second-order valence-electron chi connectivity index (χ2n) is 3.60. The summed E-state index contributed by atoms with van der Waals surface area (Å²) < 4.78 is 0. The van der Waals surface area contributed by atoms with E-state index in [0.717, 1.165) is 18.5 Å². The van der Waals surface area contributed by atoms with E-state index in [1.165, 1.54) is 0 Å². The summed E-state index contributed by atoms with van der Waals surface area (Å²) in [5.74, 6) is 0. The van der Waals surface area contributed by atoms with Crippen LogP contribution in [0.5, 0.6) is 0 Å². The smallest absolute Gasteiger partial charge is 0.0991 e. The first-order chi connectivity index (χ1) is 7.26. The lowest BCUT2D eigenvalue weighted by molar-refractivity contribution is 0.719. The van der Waals surface area contributed by atoms with Crippen molar-refractivity contribution >= 4 is 5.69 Å². The van der Waals surface area contributed by atoms with E-state index >= 15 is 0 Å². The predicted octanol–water partition coefficient (Wildman–Crippen LogP) is 3.32. The van der Waals surface area contributed by atoms with Gasteiger partial charge in [0.15, 0.2) is 0 Å². The van der Waals surface area contributed by atoms with Crippen LogP contribution in [0.4, 0.5) is 5.69 Å². The Hall–Kier alpha value is -1.75. The van der Waals surface area contributed by atoms with Crippen molar-refractivity contribution in [1.29, 1.82) is 5.26 Å². The molecule has 78 valence electrons. The number of hydrogen-bond acceptors (Lipinski definition) is 2. The van der Waals surface area contributed by atoms with Gasteiger partial charge in [-0.15, -0.1) is 6.58 Å². The molecule has 0 aliphatic heterocycles. The molecule has 1 aromatic rings. The molecule has 1 rings (SSSR count). The molecule has 0 aromatic heterocycles. The van der Waals surface area contributed by atoms with Crippen molar-refractivity contribution in [1.82, 2.24) is 0 Å². The van der Waals surface area contributed by atoms with Crippen LogP contribution in [0.3, 0.4) is 0 Å². The van der Waals surface area contributed by atoms with Crippen LogP contribution in [0.25, 0.3) is 0 Å².